The van der Waals surface area contributed by atoms with Gasteiger partial charge in [-0.15, -0.1) is 0 Å². The van der Waals surface area contributed by atoms with Gasteiger partial charge >= 0.3 is 0 Å². The maximum Gasteiger partial charge on any atom is 0.261 e. The monoisotopic (exact) mass is 398 g/mol. The van der Waals surface area contributed by atoms with Crippen LogP contribution in [0.2, 0.25) is 0 Å². The first-order valence-corrected chi connectivity index (χ1v) is 10.5. The number of amides is 1. The van der Waals surface area contributed by atoms with E-state index in [9.17, 15) is 18.3 Å². The molecule has 0 saturated heterocycles. The molecule has 0 aliphatic heterocycles. The molecule has 0 unspecified atom stereocenters. The van der Waals surface area contributed by atoms with Crippen molar-refractivity contribution in [1.82, 2.24) is 5.32 Å². The zero-order valence-corrected chi connectivity index (χ0v) is 16.3. The van der Waals surface area contributed by atoms with Gasteiger partial charge in [0.25, 0.3) is 15.9 Å². The number of rotatable bonds is 7. The van der Waals surface area contributed by atoms with Crippen LogP contribution in [0.5, 0.6) is 5.75 Å². The van der Waals surface area contributed by atoms with Crippen LogP contribution in [0, 0.1) is 0 Å². The first-order chi connectivity index (χ1) is 13.4. The fourth-order valence-corrected chi connectivity index (χ4v) is 3.99. The molecular weight excluding hydrogens is 376 g/mol. The van der Waals surface area contributed by atoms with E-state index < -0.39 is 15.9 Å². The number of anilines is 1. The topological polar surface area (TPSA) is 95.5 Å². The quantitative estimate of drug-likeness (QED) is 0.416. The molecule has 0 aliphatic rings. The molecule has 3 aromatic carbocycles. The van der Waals surface area contributed by atoms with E-state index >= 15 is 0 Å². The van der Waals surface area contributed by atoms with Crippen molar-refractivity contribution in [3.05, 3.63) is 66.2 Å². The van der Waals surface area contributed by atoms with Crippen molar-refractivity contribution in [2.45, 2.75) is 24.7 Å². The molecule has 0 atom stereocenters. The van der Waals surface area contributed by atoms with Crippen molar-refractivity contribution in [2.24, 2.45) is 0 Å². The molecule has 0 aliphatic carbocycles. The predicted molar refractivity (Wildman–Crippen MR) is 110 cm³/mol. The van der Waals surface area contributed by atoms with Crippen molar-refractivity contribution in [3.8, 4) is 5.75 Å². The lowest BCUT2D eigenvalue weighted by molar-refractivity contribution is 0.0951. The number of unbranched alkanes of at least 4 members (excludes halogenated alkanes) is 1. The number of hydrogen-bond acceptors (Lipinski definition) is 4. The maximum absolute atomic E-state index is 12.7. The molecule has 1 amide bonds. The van der Waals surface area contributed by atoms with Crippen LogP contribution in [0.1, 0.15) is 30.1 Å². The summed E-state index contributed by atoms with van der Waals surface area (Å²) in [7, 11) is -3.84. The zero-order chi connectivity index (χ0) is 20.1. The second-order valence-corrected chi connectivity index (χ2v) is 8.08. The lowest BCUT2D eigenvalue weighted by Crippen LogP contribution is -2.24. The van der Waals surface area contributed by atoms with Crippen LogP contribution < -0.4 is 10.0 Å². The molecule has 7 heteroatoms. The second kappa shape index (κ2) is 8.31. The highest BCUT2D eigenvalue weighted by Gasteiger charge is 2.20. The standard InChI is InChI=1S/C21H22N2O4S/c1-2-3-13-22-21(25)18-14-19(16-11-7-8-12-17(16)20(18)24)23-28(26,27)15-9-5-4-6-10-15/h4-12,14,23-24H,2-3,13H2,1H3,(H,22,25). The normalized spacial score (nSPS) is 11.3. The number of sulfonamides is 1. The first kappa shape index (κ1) is 19.7. The Bertz CT molecular complexity index is 1100. The predicted octanol–water partition coefficient (Wildman–Crippen LogP) is 3.88. The molecular formula is C21H22N2O4S. The van der Waals surface area contributed by atoms with E-state index in [4.69, 9.17) is 0 Å². The number of phenols is 1. The number of aromatic hydroxyl groups is 1. The number of benzene rings is 3. The minimum Gasteiger partial charge on any atom is -0.506 e. The van der Waals surface area contributed by atoms with Gasteiger partial charge in [-0.2, -0.15) is 0 Å². The average molecular weight is 398 g/mol. The van der Waals surface area contributed by atoms with Crippen LogP contribution in [0.3, 0.4) is 0 Å². The molecule has 0 fully saturated rings. The summed E-state index contributed by atoms with van der Waals surface area (Å²) in [5, 5.41) is 14.2. The summed E-state index contributed by atoms with van der Waals surface area (Å²) in [6, 6.07) is 16.1. The molecule has 0 spiro atoms. The Morgan fingerprint density at radius 3 is 2.32 bits per heavy atom. The number of hydrogen-bond donors (Lipinski definition) is 3. The summed E-state index contributed by atoms with van der Waals surface area (Å²) in [5.41, 5.74) is 0.262. The van der Waals surface area contributed by atoms with Crippen LogP contribution in [-0.4, -0.2) is 26.0 Å². The van der Waals surface area contributed by atoms with E-state index in [-0.39, 0.29) is 21.9 Å². The highest BCUT2D eigenvalue weighted by Crippen LogP contribution is 2.35. The van der Waals surface area contributed by atoms with Crippen molar-refractivity contribution in [3.63, 3.8) is 0 Å². The molecule has 3 rings (SSSR count). The Kier molecular flexibility index (Phi) is 5.84. The fraction of sp³-hybridized carbons (Fsp3) is 0.190. The van der Waals surface area contributed by atoms with Crippen LogP contribution in [0.4, 0.5) is 5.69 Å². The SMILES string of the molecule is CCCCNC(=O)c1cc(NS(=O)(=O)c2ccccc2)c2ccccc2c1O. The van der Waals surface area contributed by atoms with Crippen LogP contribution >= 0.6 is 0 Å². The second-order valence-electron chi connectivity index (χ2n) is 6.39. The molecule has 0 radical (unpaired) electrons. The summed E-state index contributed by atoms with van der Waals surface area (Å²) >= 11 is 0. The van der Waals surface area contributed by atoms with Gasteiger partial charge in [-0.25, -0.2) is 8.42 Å². The zero-order valence-electron chi connectivity index (χ0n) is 15.5. The Hall–Kier alpha value is -3.06. The number of carbonyl (C=O) groups is 1. The van der Waals surface area contributed by atoms with Gasteiger partial charge in [-0.3, -0.25) is 9.52 Å². The van der Waals surface area contributed by atoms with Crippen molar-refractivity contribution in [1.29, 1.82) is 0 Å². The van der Waals surface area contributed by atoms with E-state index in [2.05, 4.69) is 10.0 Å². The summed E-state index contributed by atoms with van der Waals surface area (Å²) in [5.74, 6) is -0.621. The number of carbonyl (C=O) groups excluding carboxylic acids is 1. The van der Waals surface area contributed by atoms with Gasteiger partial charge in [0.15, 0.2) is 0 Å². The Balaban J connectivity index is 2.06. The van der Waals surface area contributed by atoms with Gasteiger partial charge in [-0.05, 0) is 24.6 Å². The molecule has 3 N–H and O–H groups in total. The van der Waals surface area contributed by atoms with Gasteiger partial charge in [0, 0.05) is 17.3 Å². The minimum atomic E-state index is -3.84. The fourth-order valence-electron chi connectivity index (χ4n) is 2.89. The average Bonchev–Trinajstić information content (AvgIpc) is 2.71. The van der Waals surface area contributed by atoms with Crippen molar-refractivity contribution < 1.29 is 18.3 Å². The Morgan fingerprint density at radius 1 is 1.00 bits per heavy atom. The van der Waals surface area contributed by atoms with Gasteiger partial charge in [0.05, 0.1) is 16.1 Å². The minimum absolute atomic E-state index is 0.0283. The van der Waals surface area contributed by atoms with E-state index in [1.165, 1.54) is 18.2 Å². The molecule has 146 valence electrons. The molecule has 0 aromatic heterocycles. The molecule has 0 heterocycles. The maximum atomic E-state index is 12.7. The lowest BCUT2D eigenvalue weighted by Gasteiger charge is -2.15. The molecule has 6 nitrogen and oxygen atoms in total. The molecule has 0 bridgehead atoms. The van der Waals surface area contributed by atoms with E-state index in [0.29, 0.717) is 17.3 Å². The molecule has 28 heavy (non-hydrogen) atoms. The van der Waals surface area contributed by atoms with Crippen molar-refractivity contribution in [2.75, 3.05) is 11.3 Å². The highest BCUT2D eigenvalue weighted by atomic mass is 32.2. The van der Waals surface area contributed by atoms with E-state index in [1.54, 1.807) is 42.5 Å². The largest absolute Gasteiger partial charge is 0.506 e. The molecule has 3 aromatic rings. The Labute approximate surface area is 164 Å². The van der Waals surface area contributed by atoms with Gasteiger partial charge in [0.1, 0.15) is 5.75 Å². The van der Waals surface area contributed by atoms with Crippen LogP contribution in [-0.2, 0) is 10.0 Å². The summed E-state index contributed by atoms with van der Waals surface area (Å²) in [6.45, 7) is 2.49. The van der Waals surface area contributed by atoms with Crippen molar-refractivity contribution >= 4 is 32.4 Å². The summed E-state index contributed by atoms with van der Waals surface area (Å²) in [4.78, 5) is 12.6. The van der Waals surface area contributed by atoms with Crippen LogP contribution in [0.25, 0.3) is 10.8 Å². The van der Waals surface area contributed by atoms with E-state index in [1.807, 2.05) is 6.92 Å². The summed E-state index contributed by atoms with van der Waals surface area (Å²) in [6.07, 6.45) is 1.74. The smallest absolute Gasteiger partial charge is 0.261 e. The van der Waals surface area contributed by atoms with Gasteiger partial charge in [-0.1, -0.05) is 55.8 Å². The third-order valence-electron chi connectivity index (χ3n) is 4.37. The molecule has 0 saturated carbocycles. The number of phenolic OH excluding ortho intramolecular Hbond substituents is 1. The highest BCUT2D eigenvalue weighted by molar-refractivity contribution is 7.92. The third-order valence-corrected chi connectivity index (χ3v) is 5.76. The summed E-state index contributed by atoms with van der Waals surface area (Å²) < 4.78 is 28.0. The third kappa shape index (κ3) is 4.09. The first-order valence-electron chi connectivity index (χ1n) is 9.05. The number of nitrogens with one attached hydrogen (secondary N) is 2. The van der Waals surface area contributed by atoms with E-state index in [0.717, 1.165) is 12.8 Å². The van der Waals surface area contributed by atoms with Crippen LogP contribution in [0.15, 0.2) is 65.6 Å². The van der Waals surface area contributed by atoms with Gasteiger partial charge in [0.2, 0.25) is 0 Å². The van der Waals surface area contributed by atoms with Gasteiger partial charge < -0.3 is 10.4 Å². The number of fused-ring (bicyclic) bond motifs is 1. The Morgan fingerprint density at radius 2 is 1.64 bits per heavy atom. The lowest BCUT2D eigenvalue weighted by atomic mass is 10.0.